The molecule has 0 spiro atoms. The first-order chi connectivity index (χ1) is 14.2. The van der Waals surface area contributed by atoms with Crippen molar-refractivity contribution in [3.05, 3.63) is 89.7 Å². The molecule has 150 valence electrons. The monoisotopic (exact) mass is 392 g/mol. The molecule has 0 aliphatic carbocycles. The summed E-state index contributed by atoms with van der Waals surface area (Å²) in [6, 6.07) is 20.8. The van der Waals surface area contributed by atoms with Crippen LogP contribution in [0.25, 0.3) is 0 Å². The second-order valence-electron chi connectivity index (χ2n) is 6.43. The van der Waals surface area contributed by atoms with Crippen molar-refractivity contribution >= 4 is 6.09 Å². The SMILES string of the molecule is COc1ccc(CN(Cc2ccc(OC)cc2)C(=O)OCc2ccccn2)cc1. The van der Waals surface area contributed by atoms with Crippen molar-refractivity contribution in [2.75, 3.05) is 14.2 Å². The maximum Gasteiger partial charge on any atom is 0.410 e. The van der Waals surface area contributed by atoms with E-state index in [2.05, 4.69) is 4.98 Å². The zero-order valence-corrected chi connectivity index (χ0v) is 16.6. The molecular weight excluding hydrogens is 368 g/mol. The molecule has 29 heavy (non-hydrogen) atoms. The van der Waals surface area contributed by atoms with Crippen LogP contribution in [0.3, 0.4) is 0 Å². The van der Waals surface area contributed by atoms with Gasteiger partial charge in [-0.1, -0.05) is 30.3 Å². The van der Waals surface area contributed by atoms with E-state index < -0.39 is 6.09 Å². The molecule has 0 atom stereocenters. The predicted octanol–water partition coefficient (Wildman–Crippen LogP) is 4.44. The Morgan fingerprint density at radius 1 is 0.828 bits per heavy atom. The summed E-state index contributed by atoms with van der Waals surface area (Å²) in [5.74, 6) is 1.54. The number of ether oxygens (including phenoxy) is 3. The molecule has 0 N–H and O–H groups in total. The summed E-state index contributed by atoms with van der Waals surface area (Å²) in [5, 5.41) is 0. The highest BCUT2D eigenvalue weighted by molar-refractivity contribution is 5.67. The molecule has 3 aromatic rings. The maximum atomic E-state index is 12.8. The zero-order valence-electron chi connectivity index (χ0n) is 16.6. The summed E-state index contributed by atoms with van der Waals surface area (Å²) < 4.78 is 15.9. The lowest BCUT2D eigenvalue weighted by Crippen LogP contribution is -2.30. The first-order valence-corrected chi connectivity index (χ1v) is 9.25. The minimum Gasteiger partial charge on any atom is -0.497 e. The van der Waals surface area contributed by atoms with E-state index in [1.165, 1.54) is 0 Å². The normalized spacial score (nSPS) is 10.3. The largest absolute Gasteiger partial charge is 0.497 e. The molecule has 1 heterocycles. The van der Waals surface area contributed by atoms with E-state index in [1.807, 2.05) is 66.7 Å². The molecule has 0 aliphatic rings. The van der Waals surface area contributed by atoms with Gasteiger partial charge >= 0.3 is 6.09 Å². The van der Waals surface area contributed by atoms with Crippen LogP contribution in [0.2, 0.25) is 0 Å². The Morgan fingerprint density at radius 3 is 1.83 bits per heavy atom. The molecule has 2 aromatic carbocycles. The average Bonchev–Trinajstić information content (AvgIpc) is 2.78. The van der Waals surface area contributed by atoms with E-state index in [4.69, 9.17) is 14.2 Å². The molecule has 0 radical (unpaired) electrons. The van der Waals surface area contributed by atoms with E-state index in [0.29, 0.717) is 18.8 Å². The number of methoxy groups -OCH3 is 2. The highest BCUT2D eigenvalue weighted by Crippen LogP contribution is 2.18. The Kier molecular flexibility index (Phi) is 7.05. The van der Waals surface area contributed by atoms with Crippen molar-refractivity contribution in [3.8, 4) is 11.5 Å². The Morgan fingerprint density at radius 2 is 1.38 bits per heavy atom. The Balaban J connectivity index is 1.72. The molecule has 0 bridgehead atoms. The van der Waals surface area contributed by atoms with Crippen molar-refractivity contribution in [1.29, 1.82) is 0 Å². The second-order valence-corrected chi connectivity index (χ2v) is 6.43. The summed E-state index contributed by atoms with van der Waals surface area (Å²) in [5.41, 5.74) is 2.66. The van der Waals surface area contributed by atoms with Gasteiger partial charge in [0.1, 0.15) is 18.1 Å². The summed E-state index contributed by atoms with van der Waals surface area (Å²) in [6.07, 6.45) is 1.28. The van der Waals surface area contributed by atoms with Gasteiger partial charge in [0.05, 0.1) is 19.9 Å². The third-order valence-electron chi connectivity index (χ3n) is 4.39. The van der Waals surface area contributed by atoms with Gasteiger partial charge in [0.15, 0.2) is 0 Å². The minimum atomic E-state index is -0.401. The molecule has 6 heteroatoms. The van der Waals surface area contributed by atoms with Gasteiger partial charge in [0, 0.05) is 19.3 Å². The number of benzene rings is 2. The van der Waals surface area contributed by atoms with Crippen molar-refractivity contribution in [2.45, 2.75) is 19.7 Å². The minimum absolute atomic E-state index is 0.126. The van der Waals surface area contributed by atoms with Gasteiger partial charge in [-0.3, -0.25) is 9.88 Å². The third-order valence-corrected chi connectivity index (χ3v) is 4.39. The lowest BCUT2D eigenvalue weighted by Gasteiger charge is -2.22. The number of nitrogens with zero attached hydrogens (tertiary/aromatic N) is 2. The van der Waals surface area contributed by atoms with Crippen LogP contribution in [0, 0.1) is 0 Å². The molecule has 0 aliphatic heterocycles. The number of amides is 1. The van der Waals surface area contributed by atoms with E-state index in [9.17, 15) is 4.79 Å². The fourth-order valence-corrected chi connectivity index (χ4v) is 2.80. The van der Waals surface area contributed by atoms with Crippen molar-refractivity contribution in [3.63, 3.8) is 0 Å². The van der Waals surface area contributed by atoms with E-state index in [0.717, 1.165) is 22.6 Å². The van der Waals surface area contributed by atoms with Crippen LogP contribution < -0.4 is 9.47 Å². The fraction of sp³-hybridized carbons (Fsp3) is 0.217. The van der Waals surface area contributed by atoms with E-state index in [1.54, 1.807) is 25.3 Å². The first kappa shape index (κ1) is 20.2. The van der Waals surface area contributed by atoms with Gasteiger partial charge in [-0.25, -0.2) is 4.79 Å². The van der Waals surface area contributed by atoms with E-state index in [-0.39, 0.29) is 6.61 Å². The van der Waals surface area contributed by atoms with Crippen molar-refractivity contribution < 1.29 is 19.0 Å². The molecule has 0 saturated heterocycles. The quantitative estimate of drug-likeness (QED) is 0.567. The van der Waals surface area contributed by atoms with Crippen molar-refractivity contribution in [2.24, 2.45) is 0 Å². The molecule has 0 saturated carbocycles. The van der Waals surface area contributed by atoms with Gasteiger partial charge in [-0.15, -0.1) is 0 Å². The molecule has 6 nitrogen and oxygen atoms in total. The fourth-order valence-electron chi connectivity index (χ4n) is 2.80. The standard InChI is InChI=1S/C23H24N2O4/c1-27-21-10-6-18(7-11-21)15-25(16-19-8-12-22(28-2)13-9-19)23(26)29-17-20-5-3-4-14-24-20/h3-14H,15-17H2,1-2H3. The summed E-state index contributed by atoms with van der Waals surface area (Å²) in [7, 11) is 3.25. The van der Waals surface area contributed by atoms with Crippen LogP contribution in [-0.4, -0.2) is 30.2 Å². The van der Waals surface area contributed by atoms with Gasteiger partial charge in [-0.05, 0) is 47.5 Å². The van der Waals surface area contributed by atoms with Crippen LogP contribution in [0.4, 0.5) is 4.79 Å². The molecule has 0 unspecified atom stereocenters. The Hall–Kier alpha value is -3.54. The number of hydrogen-bond acceptors (Lipinski definition) is 5. The summed E-state index contributed by atoms with van der Waals surface area (Å²) in [4.78, 5) is 18.6. The lowest BCUT2D eigenvalue weighted by molar-refractivity contribution is 0.0900. The molecule has 0 fully saturated rings. The first-order valence-electron chi connectivity index (χ1n) is 9.25. The molecule has 1 amide bonds. The van der Waals surface area contributed by atoms with Gasteiger partial charge in [0.2, 0.25) is 0 Å². The van der Waals surface area contributed by atoms with Crippen molar-refractivity contribution in [1.82, 2.24) is 9.88 Å². The number of carbonyl (C=O) groups excluding carboxylic acids is 1. The van der Waals surface area contributed by atoms with Gasteiger partial charge in [0.25, 0.3) is 0 Å². The highest BCUT2D eigenvalue weighted by atomic mass is 16.6. The van der Waals surface area contributed by atoms with Crippen LogP contribution in [0.5, 0.6) is 11.5 Å². The van der Waals surface area contributed by atoms with Crippen LogP contribution in [0.15, 0.2) is 72.9 Å². The molecule has 1 aromatic heterocycles. The molecular formula is C23H24N2O4. The van der Waals surface area contributed by atoms with Crippen LogP contribution >= 0.6 is 0 Å². The topological polar surface area (TPSA) is 60.9 Å². The molecule has 3 rings (SSSR count). The average molecular weight is 392 g/mol. The summed E-state index contributed by atoms with van der Waals surface area (Å²) >= 11 is 0. The lowest BCUT2D eigenvalue weighted by atomic mass is 10.1. The van der Waals surface area contributed by atoms with Gasteiger partial charge < -0.3 is 14.2 Å². The smallest absolute Gasteiger partial charge is 0.410 e. The predicted molar refractivity (Wildman–Crippen MR) is 110 cm³/mol. The Bertz CT molecular complexity index is 847. The van der Waals surface area contributed by atoms with Crippen LogP contribution in [0.1, 0.15) is 16.8 Å². The van der Waals surface area contributed by atoms with Crippen LogP contribution in [-0.2, 0) is 24.4 Å². The van der Waals surface area contributed by atoms with E-state index >= 15 is 0 Å². The second kappa shape index (κ2) is 10.1. The van der Waals surface area contributed by atoms with Gasteiger partial charge in [-0.2, -0.15) is 0 Å². The number of carbonyl (C=O) groups is 1. The summed E-state index contributed by atoms with van der Waals surface area (Å²) in [6.45, 7) is 0.954. The third kappa shape index (κ3) is 5.97. The number of aromatic nitrogens is 1. The number of rotatable bonds is 8. The Labute approximate surface area is 170 Å². The number of pyridine rings is 1. The maximum absolute atomic E-state index is 12.8. The highest BCUT2D eigenvalue weighted by Gasteiger charge is 2.17. The zero-order chi connectivity index (χ0) is 20.5. The number of hydrogen-bond donors (Lipinski definition) is 0.